The summed E-state index contributed by atoms with van der Waals surface area (Å²) in [6.07, 6.45) is 0.856. The van der Waals surface area contributed by atoms with Crippen molar-refractivity contribution in [3.8, 4) is 11.5 Å². The minimum atomic E-state index is -0.495. The van der Waals surface area contributed by atoms with E-state index in [1.54, 1.807) is 45.9 Å². The standard InChI is InChI=1S/C16H22O4.C13H16O4/c1-5-9-20-14-8-7-12(16(18)19-6-2)10-13(14)15(17)11(3)4;1-4-17-13(16)9-5-6-11(14)10(7-9)12(15)8(2)3/h7-8,10-11H,5-6,9H2,1-4H3;5-8,14H,4H2,1-3H3. The van der Waals surface area contributed by atoms with Crippen LogP contribution in [0.15, 0.2) is 36.4 Å². The average molecular weight is 515 g/mol. The van der Waals surface area contributed by atoms with Crippen LogP contribution < -0.4 is 4.74 Å². The van der Waals surface area contributed by atoms with Gasteiger partial charge in [0.25, 0.3) is 0 Å². The Morgan fingerprint density at radius 3 is 1.65 bits per heavy atom. The van der Waals surface area contributed by atoms with Gasteiger partial charge in [0.15, 0.2) is 11.6 Å². The van der Waals surface area contributed by atoms with Crippen LogP contribution in [0.3, 0.4) is 0 Å². The second-order valence-electron chi connectivity index (χ2n) is 8.77. The first-order valence-corrected chi connectivity index (χ1v) is 12.5. The largest absolute Gasteiger partial charge is 0.507 e. The number of benzene rings is 2. The van der Waals surface area contributed by atoms with Crippen LogP contribution in [0.2, 0.25) is 0 Å². The Morgan fingerprint density at radius 1 is 0.730 bits per heavy atom. The monoisotopic (exact) mass is 514 g/mol. The van der Waals surface area contributed by atoms with E-state index in [-0.39, 0.29) is 46.9 Å². The average Bonchev–Trinajstić information content (AvgIpc) is 2.87. The predicted molar refractivity (Wildman–Crippen MR) is 141 cm³/mol. The van der Waals surface area contributed by atoms with E-state index in [0.717, 1.165) is 6.42 Å². The number of carbonyl (C=O) groups excluding carboxylic acids is 4. The van der Waals surface area contributed by atoms with Crippen molar-refractivity contribution in [2.75, 3.05) is 19.8 Å². The smallest absolute Gasteiger partial charge is 0.338 e. The van der Waals surface area contributed by atoms with Gasteiger partial charge in [-0.15, -0.1) is 0 Å². The van der Waals surface area contributed by atoms with Gasteiger partial charge >= 0.3 is 11.9 Å². The Morgan fingerprint density at radius 2 is 1.19 bits per heavy atom. The molecule has 0 atom stereocenters. The third-order valence-electron chi connectivity index (χ3n) is 5.04. The van der Waals surface area contributed by atoms with Crippen molar-refractivity contribution in [1.82, 2.24) is 0 Å². The van der Waals surface area contributed by atoms with Gasteiger partial charge in [0, 0.05) is 11.8 Å². The maximum atomic E-state index is 12.2. The van der Waals surface area contributed by atoms with Crippen molar-refractivity contribution in [3.05, 3.63) is 58.7 Å². The Labute approximate surface area is 218 Å². The number of ketones is 2. The number of esters is 2. The minimum absolute atomic E-state index is 0.0396. The van der Waals surface area contributed by atoms with Crippen LogP contribution in [0.5, 0.6) is 11.5 Å². The summed E-state index contributed by atoms with van der Waals surface area (Å²) in [5.41, 5.74) is 1.25. The summed E-state index contributed by atoms with van der Waals surface area (Å²) < 4.78 is 15.4. The van der Waals surface area contributed by atoms with Crippen LogP contribution in [-0.4, -0.2) is 48.4 Å². The van der Waals surface area contributed by atoms with Gasteiger partial charge in [0.1, 0.15) is 11.5 Å². The van der Waals surface area contributed by atoms with E-state index in [4.69, 9.17) is 14.2 Å². The van der Waals surface area contributed by atoms with Crippen LogP contribution in [0.4, 0.5) is 0 Å². The van der Waals surface area contributed by atoms with Crippen molar-refractivity contribution in [2.45, 2.75) is 54.9 Å². The molecule has 0 unspecified atom stereocenters. The van der Waals surface area contributed by atoms with Crippen molar-refractivity contribution in [1.29, 1.82) is 0 Å². The number of phenolic OH excluding ortho intramolecular Hbond substituents is 1. The van der Waals surface area contributed by atoms with Crippen molar-refractivity contribution >= 4 is 23.5 Å². The molecule has 0 radical (unpaired) electrons. The fraction of sp³-hybridized carbons (Fsp3) is 0.448. The molecule has 8 heteroatoms. The van der Waals surface area contributed by atoms with E-state index in [0.29, 0.717) is 30.1 Å². The third-order valence-corrected chi connectivity index (χ3v) is 5.04. The number of aromatic hydroxyl groups is 1. The van der Waals surface area contributed by atoms with Crippen LogP contribution >= 0.6 is 0 Å². The maximum absolute atomic E-state index is 12.2. The molecule has 0 fully saturated rings. The summed E-state index contributed by atoms with van der Waals surface area (Å²) in [5.74, 6) is -1.14. The van der Waals surface area contributed by atoms with Gasteiger partial charge in [0.2, 0.25) is 0 Å². The molecule has 2 rings (SSSR count). The lowest BCUT2D eigenvalue weighted by molar-refractivity contribution is 0.0516. The van der Waals surface area contributed by atoms with Crippen molar-refractivity contribution < 1.29 is 38.5 Å². The van der Waals surface area contributed by atoms with Crippen molar-refractivity contribution in [3.63, 3.8) is 0 Å². The van der Waals surface area contributed by atoms with E-state index in [2.05, 4.69) is 0 Å². The maximum Gasteiger partial charge on any atom is 0.338 e. The number of hydrogen-bond donors (Lipinski definition) is 1. The molecule has 0 spiro atoms. The summed E-state index contributed by atoms with van der Waals surface area (Å²) in [5, 5.41) is 9.59. The molecule has 0 aliphatic heterocycles. The minimum Gasteiger partial charge on any atom is -0.507 e. The van der Waals surface area contributed by atoms with E-state index in [1.807, 2.05) is 20.8 Å². The fourth-order valence-corrected chi connectivity index (χ4v) is 3.10. The van der Waals surface area contributed by atoms with Crippen molar-refractivity contribution in [2.24, 2.45) is 11.8 Å². The molecular weight excluding hydrogens is 476 g/mol. The molecule has 0 amide bonds. The zero-order valence-electron chi connectivity index (χ0n) is 22.8. The molecule has 0 aliphatic rings. The SMILES string of the molecule is CCCOc1ccc(C(=O)OCC)cc1C(=O)C(C)C.CCOC(=O)c1ccc(O)c(C(=O)C(C)C)c1. The van der Waals surface area contributed by atoms with Gasteiger partial charge in [-0.05, 0) is 56.7 Å². The van der Waals surface area contributed by atoms with Gasteiger partial charge in [-0.3, -0.25) is 9.59 Å². The summed E-state index contributed by atoms with van der Waals surface area (Å²) in [4.78, 5) is 47.2. The molecule has 0 aromatic heterocycles. The lowest BCUT2D eigenvalue weighted by Crippen LogP contribution is -2.13. The molecule has 1 N–H and O–H groups in total. The first-order chi connectivity index (χ1) is 17.5. The Balaban J connectivity index is 0.000000375. The van der Waals surface area contributed by atoms with E-state index < -0.39 is 11.9 Å². The number of hydrogen-bond acceptors (Lipinski definition) is 8. The summed E-state index contributed by atoms with van der Waals surface area (Å²) in [6.45, 7) is 13.7. The highest BCUT2D eigenvalue weighted by Gasteiger charge is 2.19. The Bertz CT molecular complexity index is 1090. The summed E-state index contributed by atoms with van der Waals surface area (Å²) in [7, 11) is 0. The molecule has 2 aromatic rings. The lowest BCUT2D eigenvalue weighted by atomic mass is 9.98. The van der Waals surface area contributed by atoms with Gasteiger partial charge in [-0.1, -0.05) is 34.6 Å². The van der Waals surface area contributed by atoms with Gasteiger partial charge < -0.3 is 19.3 Å². The molecule has 8 nitrogen and oxygen atoms in total. The molecule has 202 valence electrons. The van der Waals surface area contributed by atoms with Gasteiger partial charge in [-0.2, -0.15) is 0 Å². The Kier molecular flexibility index (Phi) is 13.1. The molecular formula is C29H38O8. The second kappa shape index (κ2) is 15.4. The molecule has 2 aromatic carbocycles. The van der Waals surface area contributed by atoms with Crippen LogP contribution in [0.1, 0.15) is 96.3 Å². The van der Waals surface area contributed by atoms with E-state index in [1.165, 1.54) is 18.2 Å². The molecule has 0 aliphatic carbocycles. The van der Waals surface area contributed by atoms with Crippen LogP contribution in [-0.2, 0) is 9.47 Å². The zero-order valence-corrected chi connectivity index (χ0v) is 22.8. The molecule has 0 bridgehead atoms. The molecule has 0 heterocycles. The highest BCUT2D eigenvalue weighted by atomic mass is 16.5. The fourth-order valence-electron chi connectivity index (χ4n) is 3.10. The highest BCUT2D eigenvalue weighted by Crippen LogP contribution is 2.24. The topological polar surface area (TPSA) is 116 Å². The number of rotatable bonds is 11. The molecule has 0 saturated heterocycles. The normalized spacial score (nSPS) is 10.4. The van der Waals surface area contributed by atoms with E-state index >= 15 is 0 Å². The number of ether oxygens (including phenoxy) is 3. The molecule has 0 saturated carbocycles. The first-order valence-electron chi connectivity index (χ1n) is 12.5. The lowest BCUT2D eigenvalue weighted by Gasteiger charge is -2.13. The first kappa shape index (κ1) is 31.4. The summed E-state index contributed by atoms with van der Waals surface area (Å²) in [6, 6.07) is 8.99. The second-order valence-corrected chi connectivity index (χ2v) is 8.77. The summed E-state index contributed by atoms with van der Waals surface area (Å²) >= 11 is 0. The van der Waals surface area contributed by atoms with E-state index in [9.17, 15) is 24.3 Å². The Hall–Kier alpha value is -3.68. The quantitative estimate of drug-likeness (QED) is 0.291. The zero-order chi connectivity index (χ0) is 28.1. The van der Waals surface area contributed by atoms with Crippen LogP contribution in [0, 0.1) is 11.8 Å². The molecule has 37 heavy (non-hydrogen) atoms. The van der Waals surface area contributed by atoms with Gasteiger partial charge in [-0.25, -0.2) is 9.59 Å². The van der Waals surface area contributed by atoms with Crippen LogP contribution in [0.25, 0.3) is 0 Å². The highest BCUT2D eigenvalue weighted by molar-refractivity contribution is 6.03. The number of Topliss-reactive ketones (excluding diaryl/α,β-unsaturated/α-hetero) is 2. The predicted octanol–water partition coefficient (Wildman–Crippen LogP) is 5.90. The number of carbonyl (C=O) groups is 4. The number of phenols is 1. The van der Waals surface area contributed by atoms with Gasteiger partial charge in [0.05, 0.1) is 42.1 Å². The third kappa shape index (κ3) is 9.37.